The molecule has 7 nitrogen and oxygen atoms in total. The number of hydrogen-bond acceptors (Lipinski definition) is 4. The molecule has 0 saturated carbocycles. The van der Waals surface area contributed by atoms with Gasteiger partial charge >= 0.3 is 0 Å². The van der Waals surface area contributed by atoms with E-state index in [9.17, 15) is 4.79 Å². The summed E-state index contributed by atoms with van der Waals surface area (Å²) < 4.78 is 3.52. The molecule has 3 heterocycles. The van der Waals surface area contributed by atoms with E-state index in [-0.39, 0.29) is 5.91 Å². The van der Waals surface area contributed by atoms with Gasteiger partial charge in [0.1, 0.15) is 0 Å². The maximum absolute atomic E-state index is 13.0. The monoisotopic (exact) mass is 388 g/mol. The summed E-state index contributed by atoms with van der Waals surface area (Å²) in [4.78, 5) is 17.8. The van der Waals surface area contributed by atoms with E-state index >= 15 is 0 Å². The van der Waals surface area contributed by atoms with Crippen molar-refractivity contribution in [1.82, 2.24) is 29.9 Å². The van der Waals surface area contributed by atoms with E-state index in [0.717, 1.165) is 35.2 Å². The zero-order valence-electron chi connectivity index (χ0n) is 16.9. The number of nitrogens with zero attached hydrogens (tertiary/aromatic N) is 5. The zero-order chi connectivity index (χ0) is 20.4. The van der Waals surface area contributed by atoms with Gasteiger partial charge in [-0.2, -0.15) is 10.2 Å². The maximum atomic E-state index is 13.0. The molecule has 4 aromatic rings. The number of nitrogens with one attached hydrogen (secondary N) is 1. The number of hydrogen-bond donors (Lipinski definition) is 1. The van der Waals surface area contributed by atoms with E-state index in [2.05, 4.69) is 15.5 Å². The molecule has 0 radical (unpaired) electrons. The topological polar surface area (TPSA) is 77.6 Å². The Balaban J connectivity index is 1.58. The predicted octanol–water partition coefficient (Wildman–Crippen LogP) is 3.04. The van der Waals surface area contributed by atoms with Crippen LogP contribution in [0.25, 0.3) is 22.3 Å². The Bertz CT molecular complexity index is 1160. The van der Waals surface area contributed by atoms with Gasteiger partial charge in [0.05, 0.1) is 28.5 Å². The van der Waals surface area contributed by atoms with Crippen molar-refractivity contribution in [3.8, 4) is 11.3 Å². The van der Waals surface area contributed by atoms with E-state index in [1.165, 1.54) is 5.56 Å². The molecular weight excluding hydrogens is 364 g/mol. The highest BCUT2D eigenvalue weighted by atomic mass is 16.1. The molecular formula is C22H24N6O. The summed E-state index contributed by atoms with van der Waals surface area (Å²) in [5.74, 6) is -0.100. The van der Waals surface area contributed by atoms with Gasteiger partial charge in [-0.05, 0) is 31.4 Å². The molecule has 29 heavy (non-hydrogen) atoms. The molecule has 0 unspecified atom stereocenters. The number of benzene rings is 1. The van der Waals surface area contributed by atoms with Crippen molar-refractivity contribution >= 4 is 16.9 Å². The summed E-state index contributed by atoms with van der Waals surface area (Å²) in [5.41, 5.74) is 5.03. The third kappa shape index (κ3) is 3.89. The summed E-state index contributed by atoms with van der Waals surface area (Å²) in [5, 5.41) is 12.5. The Morgan fingerprint density at radius 1 is 1.17 bits per heavy atom. The van der Waals surface area contributed by atoms with Crippen LogP contribution in [0.4, 0.5) is 0 Å². The van der Waals surface area contributed by atoms with Crippen LogP contribution in [0.1, 0.15) is 28.0 Å². The Morgan fingerprint density at radius 2 is 1.97 bits per heavy atom. The number of fused-ring (bicyclic) bond motifs is 1. The highest BCUT2D eigenvalue weighted by molar-refractivity contribution is 6.07. The lowest BCUT2D eigenvalue weighted by atomic mass is 10.0. The van der Waals surface area contributed by atoms with Gasteiger partial charge in [0, 0.05) is 32.4 Å². The molecule has 0 aliphatic heterocycles. The molecule has 1 amide bonds. The molecule has 7 heteroatoms. The smallest absolute Gasteiger partial charge is 0.252 e. The minimum Gasteiger partial charge on any atom is -0.352 e. The molecule has 0 atom stereocenters. The van der Waals surface area contributed by atoms with Crippen LogP contribution in [0.2, 0.25) is 0 Å². The van der Waals surface area contributed by atoms with Crippen molar-refractivity contribution in [1.29, 1.82) is 0 Å². The lowest BCUT2D eigenvalue weighted by Crippen LogP contribution is -2.25. The van der Waals surface area contributed by atoms with Crippen molar-refractivity contribution < 1.29 is 4.79 Å². The van der Waals surface area contributed by atoms with Crippen LogP contribution in [-0.4, -0.2) is 37.0 Å². The van der Waals surface area contributed by atoms with E-state index < -0.39 is 0 Å². The molecule has 0 saturated heterocycles. The van der Waals surface area contributed by atoms with Crippen LogP contribution in [-0.2, 0) is 20.5 Å². The average Bonchev–Trinajstić information content (AvgIpc) is 3.27. The first kappa shape index (κ1) is 18.9. The fourth-order valence-electron chi connectivity index (χ4n) is 3.57. The Hall–Kier alpha value is -3.48. The van der Waals surface area contributed by atoms with E-state index in [4.69, 9.17) is 4.98 Å². The van der Waals surface area contributed by atoms with Crippen LogP contribution in [0.5, 0.6) is 0 Å². The number of aryl methyl sites for hydroxylation is 4. The highest BCUT2D eigenvalue weighted by Gasteiger charge is 2.19. The second kappa shape index (κ2) is 7.87. The SMILES string of the molecule is Cc1nn(C)c2nc(-c3ccccc3)cc(C(=O)NCCCc3cnn(C)c3)c12. The fraction of sp³-hybridized carbons (Fsp3) is 0.273. The normalized spacial score (nSPS) is 11.1. The molecule has 1 aromatic carbocycles. The van der Waals surface area contributed by atoms with Crippen LogP contribution in [0.15, 0.2) is 48.8 Å². The number of carbonyl (C=O) groups is 1. The minimum atomic E-state index is -0.100. The fourth-order valence-corrected chi connectivity index (χ4v) is 3.57. The maximum Gasteiger partial charge on any atom is 0.252 e. The minimum absolute atomic E-state index is 0.100. The Kier molecular flexibility index (Phi) is 5.12. The molecule has 4 rings (SSSR count). The average molecular weight is 388 g/mol. The zero-order valence-corrected chi connectivity index (χ0v) is 16.9. The van der Waals surface area contributed by atoms with Gasteiger partial charge < -0.3 is 5.32 Å². The van der Waals surface area contributed by atoms with E-state index in [1.54, 1.807) is 9.36 Å². The van der Waals surface area contributed by atoms with Crippen molar-refractivity contribution in [2.24, 2.45) is 14.1 Å². The molecule has 0 fully saturated rings. The first-order valence-electron chi connectivity index (χ1n) is 9.68. The lowest BCUT2D eigenvalue weighted by molar-refractivity contribution is 0.0955. The number of carbonyl (C=O) groups excluding carboxylic acids is 1. The largest absolute Gasteiger partial charge is 0.352 e. The van der Waals surface area contributed by atoms with Crippen LogP contribution in [0.3, 0.4) is 0 Å². The van der Waals surface area contributed by atoms with Gasteiger partial charge in [-0.25, -0.2) is 4.98 Å². The number of pyridine rings is 1. The summed E-state index contributed by atoms with van der Waals surface area (Å²) in [7, 11) is 3.76. The summed E-state index contributed by atoms with van der Waals surface area (Å²) in [6.45, 7) is 2.50. The van der Waals surface area contributed by atoms with Crippen molar-refractivity contribution in [3.63, 3.8) is 0 Å². The lowest BCUT2D eigenvalue weighted by Gasteiger charge is -2.09. The van der Waals surface area contributed by atoms with Crippen molar-refractivity contribution in [2.75, 3.05) is 6.54 Å². The highest BCUT2D eigenvalue weighted by Crippen LogP contribution is 2.26. The first-order valence-corrected chi connectivity index (χ1v) is 9.68. The van der Waals surface area contributed by atoms with Gasteiger partial charge in [-0.3, -0.25) is 14.2 Å². The van der Waals surface area contributed by atoms with Gasteiger partial charge in [-0.1, -0.05) is 30.3 Å². The third-order valence-electron chi connectivity index (χ3n) is 4.97. The van der Waals surface area contributed by atoms with Gasteiger partial charge in [0.2, 0.25) is 0 Å². The molecule has 0 bridgehead atoms. The van der Waals surface area contributed by atoms with Crippen LogP contribution in [0, 0.1) is 6.92 Å². The standard InChI is InChI=1S/C22H24N6O/c1-15-20-18(22(29)23-11-7-8-16-13-24-27(2)14-16)12-19(17-9-5-4-6-10-17)25-21(20)28(3)26-15/h4-6,9-10,12-14H,7-8,11H2,1-3H3,(H,23,29). The van der Waals surface area contributed by atoms with Gasteiger partial charge in [0.25, 0.3) is 5.91 Å². The molecule has 148 valence electrons. The van der Waals surface area contributed by atoms with Crippen LogP contribution >= 0.6 is 0 Å². The Labute approximate surface area is 169 Å². The van der Waals surface area contributed by atoms with Gasteiger partial charge in [0.15, 0.2) is 5.65 Å². The number of aromatic nitrogens is 5. The van der Waals surface area contributed by atoms with E-state index in [1.807, 2.05) is 69.8 Å². The van der Waals surface area contributed by atoms with Gasteiger partial charge in [-0.15, -0.1) is 0 Å². The van der Waals surface area contributed by atoms with Crippen molar-refractivity contribution in [2.45, 2.75) is 19.8 Å². The molecule has 0 aliphatic rings. The molecule has 1 N–H and O–H groups in total. The second-order valence-electron chi connectivity index (χ2n) is 7.21. The summed E-state index contributed by atoms with van der Waals surface area (Å²) >= 11 is 0. The Morgan fingerprint density at radius 3 is 2.69 bits per heavy atom. The number of amides is 1. The van der Waals surface area contributed by atoms with Crippen molar-refractivity contribution in [3.05, 3.63) is 65.6 Å². The molecule has 3 aromatic heterocycles. The second-order valence-corrected chi connectivity index (χ2v) is 7.21. The predicted molar refractivity (Wildman–Crippen MR) is 113 cm³/mol. The quantitative estimate of drug-likeness (QED) is 0.515. The number of rotatable bonds is 6. The molecule has 0 spiro atoms. The summed E-state index contributed by atoms with van der Waals surface area (Å²) in [6.07, 6.45) is 5.59. The first-order chi connectivity index (χ1) is 14.0. The third-order valence-corrected chi connectivity index (χ3v) is 4.97. The summed E-state index contributed by atoms with van der Waals surface area (Å²) in [6, 6.07) is 11.7. The van der Waals surface area contributed by atoms with E-state index in [0.29, 0.717) is 17.8 Å². The van der Waals surface area contributed by atoms with Crippen LogP contribution < -0.4 is 5.32 Å². The molecule has 0 aliphatic carbocycles.